The quantitative estimate of drug-likeness (QED) is 0.815. The van der Waals surface area contributed by atoms with Gasteiger partial charge in [-0.25, -0.2) is 4.98 Å². The molecule has 1 atom stereocenters. The second kappa shape index (κ2) is 5.67. The maximum atomic E-state index is 5.21. The van der Waals surface area contributed by atoms with Crippen molar-refractivity contribution in [2.45, 2.75) is 19.9 Å². The SMILES string of the molecule is COc1ncc(C(C)N2CCN(C)CC2)cc1C. The fraction of sp³-hybridized carbons (Fsp3) is 0.643. The van der Waals surface area contributed by atoms with Gasteiger partial charge in [0, 0.05) is 44.0 Å². The first-order valence-corrected chi connectivity index (χ1v) is 6.55. The second-order valence-electron chi connectivity index (χ2n) is 5.11. The van der Waals surface area contributed by atoms with Gasteiger partial charge < -0.3 is 9.64 Å². The van der Waals surface area contributed by atoms with Crippen molar-refractivity contribution in [3.05, 3.63) is 23.4 Å². The number of hydrogen-bond donors (Lipinski definition) is 0. The van der Waals surface area contributed by atoms with Gasteiger partial charge in [0.2, 0.25) is 5.88 Å². The molecule has 0 amide bonds. The molecule has 0 spiro atoms. The second-order valence-corrected chi connectivity index (χ2v) is 5.11. The molecule has 100 valence electrons. The van der Waals surface area contributed by atoms with Gasteiger partial charge in [-0.3, -0.25) is 4.90 Å². The summed E-state index contributed by atoms with van der Waals surface area (Å²) in [5.74, 6) is 0.726. The first-order chi connectivity index (χ1) is 8.61. The Morgan fingerprint density at radius 3 is 2.50 bits per heavy atom. The lowest BCUT2D eigenvalue weighted by Gasteiger charge is -2.36. The molecule has 0 saturated carbocycles. The molecule has 2 rings (SSSR count). The van der Waals surface area contributed by atoms with Crippen LogP contribution < -0.4 is 4.74 Å². The predicted molar refractivity (Wildman–Crippen MR) is 73.0 cm³/mol. The molecule has 0 aromatic carbocycles. The average Bonchev–Trinajstić information content (AvgIpc) is 2.38. The summed E-state index contributed by atoms with van der Waals surface area (Å²) in [6, 6.07) is 2.62. The minimum atomic E-state index is 0.427. The molecule has 1 aromatic rings. The number of rotatable bonds is 3. The van der Waals surface area contributed by atoms with Crippen molar-refractivity contribution in [1.29, 1.82) is 0 Å². The molecule has 1 aromatic heterocycles. The molecule has 0 bridgehead atoms. The van der Waals surface area contributed by atoms with E-state index >= 15 is 0 Å². The lowest BCUT2D eigenvalue weighted by Crippen LogP contribution is -2.45. The van der Waals surface area contributed by atoms with E-state index in [0.717, 1.165) is 37.6 Å². The molecule has 0 radical (unpaired) electrons. The van der Waals surface area contributed by atoms with Gasteiger partial charge in [0.05, 0.1) is 7.11 Å². The largest absolute Gasteiger partial charge is 0.481 e. The van der Waals surface area contributed by atoms with Crippen LogP contribution in [0.4, 0.5) is 0 Å². The molecule has 4 nitrogen and oxygen atoms in total. The lowest BCUT2D eigenvalue weighted by atomic mass is 10.1. The zero-order valence-corrected chi connectivity index (χ0v) is 11.8. The molecule has 1 saturated heterocycles. The van der Waals surface area contributed by atoms with E-state index in [2.05, 4.69) is 34.8 Å². The van der Waals surface area contributed by atoms with E-state index in [1.807, 2.05) is 13.1 Å². The molecule has 1 unspecified atom stereocenters. The summed E-state index contributed by atoms with van der Waals surface area (Å²) in [5, 5.41) is 0. The van der Waals surface area contributed by atoms with Crippen molar-refractivity contribution in [3.8, 4) is 5.88 Å². The topological polar surface area (TPSA) is 28.6 Å². The molecular formula is C14H23N3O. The molecule has 2 heterocycles. The number of ether oxygens (including phenoxy) is 1. The van der Waals surface area contributed by atoms with Crippen LogP contribution in [0.25, 0.3) is 0 Å². The van der Waals surface area contributed by atoms with Crippen LogP contribution in [-0.2, 0) is 0 Å². The Morgan fingerprint density at radius 2 is 1.94 bits per heavy atom. The van der Waals surface area contributed by atoms with Crippen LogP contribution in [0.5, 0.6) is 5.88 Å². The molecule has 4 heteroatoms. The molecule has 1 fully saturated rings. The van der Waals surface area contributed by atoms with Crippen LogP contribution in [0, 0.1) is 6.92 Å². The first-order valence-electron chi connectivity index (χ1n) is 6.55. The van der Waals surface area contributed by atoms with Crippen molar-refractivity contribution >= 4 is 0 Å². The Balaban J connectivity index is 2.08. The summed E-state index contributed by atoms with van der Waals surface area (Å²) < 4.78 is 5.21. The zero-order valence-electron chi connectivity index (χ0n) is 11.8. The third-order valence-corrected chi connectivity index (χ3v) is 3.81. The third-order valence-electron chi connectivity index (χ3n) is 3.81. The lowest BCUT2D eigenvalue weighted by molar-refractivity contribution is 0.119. The highest BCUT2D eigenvalue weighted by Gasteiger charge is 2.20. The van der Waals surface area contributed by atoms with Gasteiger partial charge in [0.15, 0.2) is 0 Å². The number of pyridine rings is 1. The normalized spacial score (nSPS) is 19.8. The molecule has 0 aliphatic carbocycles. The predicted octanol–water partition coefficient (Wildman–Crippen LogP) is 1.71. The standard InChI is InChI=1S/C14H23N3O/c1-11-9-13(10-15-14(11)18-4)12(2)17-7-5-16(3)6-8-17/h9-10,12H,5-8H2,1-4H3. The summed E-state index contributed by atoms with van der Waals surface area (Å²) in [5.41, 5.74) is 2.38. The Bertz CT molecular complexity index is 400. The van der Waals surface area contributed by atoms with Crippen molar-refractivity contribution in [1.82, 2.24) is 14.8 Å². The first kappa shape index (κ1) is 13.3. The number of methoxy groups -OCH3 is 1. The van der Waals surface area contributed by atoms with E-state index in [0.29, 0.717) is 6.04 Å². The third kappa shape index (κ3) is 2.82. The highest BCUT2D eigenvalue weighted by atomic mass is 16.5. The highest BCUT2D eigenvalue weighted by molar-refractivity contribution is 5.30. The van der Waals surface area contributed by atoms with Crippen molar-refractivity contribution in [2.75, 3.05) is 40.3 Å². The van der Waals surface area contributed by atoms with Gasteiger partial charge in [-0.2, -0.15) is 0 Å². The smallest absolute Gasteiger partial charge is 0.215 e. The Kier molecular flexibility index (Phi) is 4.19. The minimum Gasteiger partial charge on any atom is -0.481 e. The maximum absolute atomic E-state index is 5.21. The molecule has 1 aliphatic heterocycles. The summed E-state index contributed by atoms with van der Waals surface area (Å²) >= 11 is 0. The van der Waals surface area contributed by atoms with Crippen molar-refractivity contribution < 1.29 is 4.74 Å². The number of aromatic nitrogens is 1. The number of likely N-dealkylation sites (N-methyl/N-ethyl adjacent to an activating group) is 1. The van der Waals surface area contributed by atoms with E-state index in [9.17, 15) is 0 Å². The Hall–Kier alpha value is -1.13. The van der Waals surface area contributed by atoms with Crippen molar-refractivity contribution in [3.63, 3.8) is 0 Å². The van der Waals surface area contributed by atoms with E-state index in [4.69, 9.17) is 4.74 Å². The van der Waals surface area contributed by atoms with Crippen LogP contribution in [0.2, 0.25) is 0 Å². The van der Waals surface area contributed by atoms with E-state index in [-0.39, 0.29) is 0 Å². The van der Waals surface area contributed by atoms with Crippen LogP contribution in [0.1, 0.15) is 24.1 Å². The Morgan fingerprint density at radius 1 is 1.28 bits per heavy atom. The fourth-order valence-corrected chi connectivity index (χ4v) is 2.45. The number of hydrogen-bond acceptors (Lipinski definition) is 4. The summed E-state index contributed by atoms with van der Waals surface area (Å²) in [4.78, 5) is 9.26. The minimum absolute atomic E-state index is 0.427. The van der Waals surface area contributed by atoms with Crippen LogP contribution >= 0.6 is 0 Å². The van der Waals surface area contributed by atoms with Gasteiger partial charge in [0.25, 0.3) is 0 Å². The van der Waals surface area contributed by atoms with Crippen LogP contribution in [0.3, 0.4) is 0 Å². The molecule has 0 N–H and O–H groups in total. The molecule has 1 aliphatic rings. The number of nitrogens with zero attached hydrogens (tertiary/aromatic N) is 3. The number of piperazine rings is 1. The molecular weight excluding hydrogens is 226 g/mol. The van der Waals surface area contributed by atoms with Gasteiger partial charge in [-0.1, -0.05) is 0 Å². The van der Waals surface area contributed by atoms with Gasteiger partial charge in [-0.15, -0.1) is 0 Å². The monoisotopic (exact) mass is 249 g/mol. The van der Waals surface area contributed by atoms with Crippen molar-refractivity contribution in [2.24, 2.45) is 0 Å². The summed E-state index contributed by atoms with van der Waals surface area (Å²) in [7, 11) is 3.85. The summed E-state index contributed by atoms with van der Waals surface area (Å²) in [6.07, 6.45) is 1.94. The van der Waals surface area contributed by atoms with E-state index in [1.165, 1.54) is 5.56 Å². The van der Waals surface area contributed by atoms with Gasteiger partial charge in [0.1, 0.15) is 0 Å². The zero-order chi connectivity index (χ0) is 13.1. The van der Waals surface area contributed by atoms with Crippen LogP contribution in [0.15, 0.2) is 12.3 Å². The van der Waals surface area contributed by atoms with Gasteiger partial charge in [-0.05, 0) is 32.5 Å². The highest BCUT2D eigenvalue weighted by Crippen LogP contribution is 2.24. The number of aryl methyl sites for hydroxylation is 1. The maximum Gasteiger partial charge on any atom is 0.215 e. The molecule has 18 heavy (non-hydrogen) atoms. The Labute approximate surface area is 110 Å². The fourth-order valence-electron chi connectivity index (χ4n) is 2.45. The van der Waals surface area contributed by atoms with Gasteiger partial charge >= 0.3 is 0 Å². The average molecular weight is 249 g/mol. The van der Waals surface area contributed by atoms with E-state index < -0.39 is 0 Å². The van der Waals surface area contributed by atoms with Crippen LogP contribution in [-0.4, -0.2) is 55.1 Å². The summed E-state index contributed by atoms with van der Waals surface area (Å²) in [6.45, 7) is 8.85. The van der Waals surface area contributed by atoms with E-state index in [1.54, 1.807) is 7.11 Å².